The van der Waals surface area contributed by atoms with Crippen molar-refractivity contribution in [3.05, 3.63) is 52.9 Å². The summed E-state index contributed by atoms with van der Waals surface area (Å²) in [7, 11) is 3.11. The number of thiazole rings is 1. The predicted octanol–water partition coefficient (Wildman–Crippen LogP) is 4.78. The summed E-state index contributed by atoms with van der Waals surface area (Å²) in [6.45, 7) is 1.97. The number of rotatable bonds is 5. The van der Waals surface area contributed by atoms with Gasteiger partial charge in [-0.1, -0.05) is 12.1 Å². The molecule has 0 saturated heterocycles. The van der Waals surface area contributed by atoms with E-state index in [4.69, 9.17) is 9.47 Å². The highest BCUT2D eigenvalue weighted by molar-refractivity contribution is 7.09. The van der Waals surface area contributed by atoms with Crippen LogP contribution < -0.4 is 20.1 Å². The standard InChI is InChI=1S/C19H19N3O3S/c1-12-20-16(11-26-12)13-5-4-6-14(9-13)21-19(23)22-15-7-8-17(24-2)18(10-15)25-3/h4-11H,1-3H3,(H2,21,22,23). The van der Waals surface area contributed by atoms with Crippen LogP contribution in [0.2, 0.25) is 0 Å². The number of nitrogens with zero attached hydrogens (tertiary/aromatic N) is 1. The number of ether oxygens (including phenoxy) is 2. The Hall–Kier alpha value is -3.06. The fourth-order valence-corrected chi connectivity index (χ4v) is 3.08. The normalized spacial score (nSPS) is 10.3. The fourth-order valence-electron chi connectivity index (χ4n) is 2.46. The molecule has 2 aromatic carbocycles. The summed E-state index contributed by atoms with van der Waals surface area (Å²) < 4.78 is 10.4. The zero-order valence-corrected chi connectivity index (χ0v) is 15.5. The fraction of sp³-hybridized carbons (Fsp3) is 0.158. The zero-order chi connectivity index (χ0) is 18.5. The van der Waals surface area contributed by atoms with Gasteiger partial charge in [-0.2, -0.15) is 0 Å². The highest BCUT2D eigenvalue weighted by Crippen LogP contribution is 2.30. The van der Waals surface area contributed by atoms with Gasteiger partial charge in [-0.25, -0.2) is 9.78 Å². The number of amides is 2. The van der Waals surface area contributed by atoms with Crippen LogP contribution in [0.5, 0.6) is 11.5 Å². The molecule has 134 valence electrons. The summed E-state index contributed by atoms with van der Waals surface area (Å²) in [6.07, 6.45) is 0. The van der Waals surface area contributed by atoms with Crippen LogP contribution in [0.25, 0.3) is 11.3 Å². The van der Waals surface area contributed by atoms with Crippen LogP contribution in [0.4, 0.5) is 16.2 Å². The van der Waals surface area contributed by atoms with E-state index in [0.29, 0.717) is 22.9 Å². The second kappa shape index (κ2) is 7.88. The third kappa shape index (κ3) is 4.12. The third-order valence-electron chi connectivity index (χ3n) is 3.68. The van der Waals surface area contributed by atoms with Crippen LogP contribution in [0, 0.1) is 6.92 Å². The van der Waals surface area contributed by atoms with Crippen molar-refractivity contribution in [2.24, 2.45) is 0 Å². The van der Waals surface area contributed by atoms with E-state index in [1.54, 1.807) is 43.8 Å². The predicted molar refractivity (Wildman–Crippen MR) is 104 cm³/mol. The Morgan fingerprint density at radius 2 is 1.73 bits per heavy atom. The molecule has 2 N–H and O–H groups in total. The first-order valence-electron chi connectivity index (χ1n) is 7.91. The van der Waals surface area contributed by atoms with Gasteiger partial charge in [0, 0.05) is 28.4 Å². The molecule has 0 bridgehead atoms. The maximum atomic E-state index is 12.3. The molecule has 0 unspecified atom stereocenters. The lowest BCUT2D eigenvalue weighted by Gasteiger charge is -2.11. The maximum absolute atomic E-state index is 12.3. The van der Waals surface area contributed by atoms with Crippen LogP contribution >= 0.6 is 11.3 Å². The van der Waals surface area contributed by atoms with Crippen molar-refractivity contribution in [2.75, 3.05) is 24.9 Å². The van der Waals surface area contributed by atoms with Crippen LogP contribution in [-0.4, -0.2) is 25.2 Å². The molecule has 1 aromatic heterocycles. The lowest BCUT2D eigenvalue weighted by Crippen LogP contribution is -2.19. The van der Waals surface area contributed by atoms with Gasteiger partial charge in [-0.05, 0) is 31.2 Å². The van der Waals surface area contributed by atoms with E-state index >= 15 is 0 Å². The van der Waals surface area contributed by atoms with E-state index in [1.807, 2.05) is 36.6 Å². The number of hydrogen-bond acceptors (Lipinski definition) is 5. The molecule has 0 aliphatic heterocycles. The first-order valence-corrected chi connectivity index (χ1v) is 8.79. The molecule has 0 saturated carbocycles. The second-order valence-electron chi connectivity index (χ2n) is 5.48. The van der Waals surface area contributed by atoms with Crippen molar-refractivity contribution in [2.45, 2.75) is 6.92 Å². The first-order chi connectivity index (χ1) is 12.6. The van der Waals surface area contributed by atoms with Gasteiger partial charge >= 0.3 is 6.03 Å². The van der Waals surface area contributed by atoms with Gasteiger partial charge in [0.15, 0.2) is 11.5 Å². The van der Waals surface area contributed by atoms with Gasteiger partial charge in [-0.15, -0.1) is 11.3 Å². The van der Waals surface area contributed by atoms with Crippen LogP contribution in [0.1, 0.15) is 5.01 Å². The number of methoxy groups -OCH3 is 2. The van der Waals surface area contributed by atoms with Crippen molar-refractivity contribution >= 4 is 28.7 Å². The molecule has 26 heavy (non-hydrogen) atoms. The number of benzene rings is 2. The summed E-state index contributed by atoms with van der Waals surface area (Å²) >= 11 is 1.59. The Morgan fingerprint density at radius 1 is 1.00 bits per heavy atom. The van der Waals surface area contributed by atoms with E-state index < -0.39 is 0 Å². The van der Waals surface area contributed by atoms with Crippen molar-refractivity contribution in [1.29, 1.82) is 0 Å². The van der Waals surface area contributed by atoms with Crippen molar-refractivity contribution in [3.63, 3.8) is 0 Å². The minimum Gasteiger partial charge on any atom is -0.493 e. The molecule has 3 rings (SSSR count). The zero-order valence-electron chi connectivity index (χ0n) is 14.7. The van der Waals surface area contributed by atoms with Gasteiger partial charge in [0.25, 0.3) is 0 Å². The Labute approximate surface area is 155 Å². The van der Waals surface area contributed by atoms with Gasteiger partial charge in [0.1, 0.15) is 0 Å². The average molecular weight is 369 g/mol. The number of aromatic nitrogens is 1. The molecule has 0 atom stereocenters. The summed E-state index contributed by atoms with van der Waals surface area (Å²) in [6, 6.07) is 12.4. The lowest BCUT2D eigenvalue weighted by atomic mass is 10.1. The largest absolute Gasteiger partial charge is 0.493 e. The highest BCUT2D eigenvalue weighted by Gasteiger charge is 2.09. The number of anilines is 2. The molecular formula is C19H19N3O3S. The van der Waals surface area contributed by atoms with E-state index in [2.05, 4.69) is 15.6 Å². The van der Waals surface area contributed by atoms with Gasteiger partial charge in [0.05, 0.1) is 24.9 Å². The Morgan fingerprint density at radius 3 is 2.38 bits per heavy atom. The molecule has 3 aromatic rings. The van der Waals surface area contributed by atoms with Crippen LogP contribution in [-0.2, 0) is 0 Å². The van der Waals surface area contributed by atoms with E-state index in [0.717, 1.165) is 16.3 Å². The molecule has 0 radical (unpaired) electrons. The summed E-state index contributed by atoms with van der Waals surface area (Å²) in [5.41, 5.74) is 3.15. The Bertz CT molecular complexity index is 924. The second-order valence-corrected chi connectivity index (χ2v) is 6.54. The molecule has 2 amide bonds. The van der Waals surface area contributed by atoms with E-state index in [1.165, 1.54) is 0 Å². The molecular weight excluding hydrogens is 350 g/mol. The number of nitrogens with one attached hydrogen (secondary N) is 2. The molecule has 0 aliphatic rings. The van der Waals surface area contributed by atoms with E-state index in [-0.39, 0.29) is 6.03 Å². The summed E-state index contributed by atoms with van der Waals surface area (Å²) in [5.74, 6) is 1.15. The number of urea groups is 1. The first kappa shape index (κ1) is 17.8. The molecule has 1 heterocycles. The minimum absolute atomic E-state index is 0.344. The van der Waals surface area contributed by atoms with Crippen LogP contribution in [0.3, 0.4) is 0 Å². The summed E-state index contributed by atoms with van der Waals surface area (Å²) in [5, 5.41) is 8.61. The van der Waals surface area contributed by atoms with Crippen molar-refractivity contribution in [1.82, 2.24) is 4.98 Å². The third-order valence-corrected chi connectivity index (χ3v) is 4.45. The Kier molecular flexibility index (Phi) is 5.38. The van der Waals surface area contributed by atoms with Crippen molar-refractivity contribution < 1.29 is 14.3 Å². The van der Waals surface area contributed by atoms with Gasteiger partial charge in [-0.3, -0.25) is 0 Å². The lowest BCUT2D eigenvalue weighted by molar-refractivity contribution is 0.262. The summed E-state index contributed by atoms with van der Waals surface area (Å²) in [4.78, 5) is 16.7. The van der Waals surface area contributed by atoms with Gasteiger partial charge in [0.2, 0.25) is 0 Å². The number of hydrogen-bond donors (Lipinski definition) is 2. The highest BCUT2D eigenvalue weighted by atomic mass is 32.1. The minimum atomic E-state index is -0.344. The number of aryl methyl sites for hydroxylation is 1. The number of carbonyl (C=O) groups is 1. The van der Waals surface area contributed by atoms with Crippen LogP contribution in [0.15, 0.2) is 47.8 Å². The molecule has 0 fully saturated rings. The smallest absolute Gasteiger partial charge is 0.323 e. The maximum Gasteiger partial charge on any atom is 0.323 e. The molecule has 0 spiro atoms. The quantitative estimate of drug-likeness (QED) is 0.679. The van der Waals surface area contributed by atoms with Gasteiger partial charge < -0.3 is 20.1 Å². The average Bonchev–Trinajstić information content (AvgIpc) is 3.08. The van der Waals surface area contributed by atoms with E-state index in [9.17, 15) is 4.79 Å². The Balaban J connectivity index is 1.70. The van der Waals surface area contributed by atoms with Crippen molar-refractivity contribution in [3.8, 4) is 22.8 Å². The monoisotopic (exact) mass is 369 g/mol. The molecule has 6 nitrogen and oxygen atoms in total. The number of carbonyl (C=O) groups excluding carboxylic acids is 1. The topological polar surface area (TPSA) is 72.5 Å². The molecule has 0 aliphatic carbocycles. The SMILES string of the molecule is COc1ccc(NC(=O)Nc2cccc(-c3csc(C)n3)c2)cc1OC. The molecule has 7 heteroatoms.